The lowest BCUT2D eigenvalue weighted by atomic mass is 11.0. The van der Waals surface area contributed by atoms with Gasteiger partial charge in [-0.15, -0.1) is 0 Å². The van der Waals surface area contributed by atoms with Gasteiger partial charge in [0.25, 0.3) is 0 Å². The Balaban J connectivity index is 3.39. The Labute approximate surface area is 56.6 Å². The highest BCUT2D eigenvalue weighted by molar-refractivity contribution is 6.76. The molecule has 0 aromatic carbocycles. The number of carbonyl (C=O) groups is 1. The number of primary amides is 1. The van der Waals surface area contributed by atoms with Crippen LogP contribution >= 0.6 is 0 Å². The zero-order valence-corrected chi connectivity index (χ0v) is 7.19. The quantitative estimate of drug-likeness (QED) is 0.549. The number of rotatable bonds is 2. The summed E-state index contributed by atoms with van der Waals surface area (Å²) in [5, 5.41) is 2.59. The summed E-state index contributed by atoms with van der Waals surface area (Å²) in [6, 6.07) is -0.419. The van der Waals surface area contributed by atoms with E-state index in [1.165, 1.54) is 0 Å². The smallest absolute Gasteiger partial charge is 0.311 e. The van der Waals surface area contributed by atoms with Gasteiger partial charge in [-0.25, -0.2) is 4.79 Å². The van der Waals surface area contributed by atoms with Gasteiger partial charge in [-0.05, 0) is 0 Å². The molecule has 0 heterocycles. The summed E-state index contributed by atoms with van der Waals surface area (Å²) >= 11 is 0. The lowest BCUT2D eigenvalue weighted by Crippen LogP contribution is -2.42. The van der Waals surface area contributed by atoms with Crippen molar-refractivity contribution in [2.45, 2.75) is 19.6 Å². The van der Waals surface area contributed by atoms with Gasteiger partial charge in [0.2, 0.25) is 0 Å². The maximum Gasteiger partial charge on any atom is 0.311 e. The maximum absolute atomic E-state index is 10.2. The van der Waals surface area contributed by atoms with E-state index in [9.17, 15) is 4.79 Å². The third kappa shape index (κ3) is 7.49. The van der Waals surface area contributed by atoms with Crippen molar-refractivity contribution in [1.29, 1.82) is 0 Å². The van der Waals surface area contributed by atoms with Gasteiger partial charge < -0.3 is 11.1 Å². The van der Waals surface area contributed by atoms with Crippen LogP contribution in [0.1, 0.15) is 0 Å². The third-order valence-electron chi connectivity index (χ3n) is 0.793. The SMILES string of the molecule is C[Si](C)(C)CNC(N)=O. The van der Waals surface area contributed by atoms with Crippen molar-refractivity contribution in [1.82, 2.24) is 5.32 Å². The molecule has 0 aromatic rings. The molecular formula is C5H14N2OSi. The van der Waals surface area contributed by atoms with Crippen LogP contribution in [0, 0.1) is 0 Å². The molecule has 0 saturated heterocycles. The van der Waals surface area contributed by atoms with E-state index in [-0.39, 0.29) is 0 Å². The minimum Gasteiger partial charge on any atom is -0.352 e. The number of hydrogen-bond acceptors (Lipinski definition) is 1. The normalized spacial score (nSPS) is 11.0. The number of urea groups is 1. The van der Waals surface area contributed by atoms with E-state index < -0.39 is 14.1 Å². The van der Waals surface area contributed by atoms with E-state index in [0.717, 1.165) is 6.17 Å². The van der Waals surface area contributed by atoms with E-state index in [1.807, 2.05) is 0 Å². The summed E-state index contributed by atoms with van der Waals surface area (Å²) in [5.41, 5.74) is 4.87. The first-order valence-corrected chi connectivity index (χ1v) is 6.66. The minimum atomic E-state index is -1.13. The van der Waals surface area contributed by atoms with Crippen LogP contribution in [0.5, 0.6) is 0 Å². The van der Waals surface area contributed by atoms with Crippen molar-refractivity contribution >= 4 is 14.1 Å². The minimum absolute atomic E-state index is 0.419. The molecule has 0 aliphatic heterocycles. The van der Waals surface area contributed by atoms with Crippen molar-refractivity contribution < 1.29 is 4.79 Å². The van der Waals surface area contributed by atoms with E-state index in [4.69, 9.17) is 5.73 Å². The van der Waals surface area contributed by atoms with E-state index in [1.54, 1.807) is 0 Å². The molecule has 0 bridgehead atoms. The van der Waals surface area contributed by atoms with Gasteiger partial charge in [-0.3, -0.25) is 0 Å². The lowest BCUT2D eigenvalue weighted by molar-refractivity contribution is 0.250. The van der Waals surface area contributed by atoms with Crippen LogP contribution < -0.4 is 11.1 Å². The predicted molar refractivity (Wildman–Crippen MR) is 40.9 cm³/mol. The highest BCUT2D eigenvalue weighted by atomic mass is 28.3. The second-order valence-corrected chi connectivity index (χ2v) is 8.75. The Hall–Kier alpha value is -0.513. The molecule has 0 aromatic heterocycles. The van der Waals surface area contributed by atoms with Gasteiger partial charge in [0, 0.05) is 6.17 Å². The van der Waals surface area contributed by atoms with Crippen molar-refractivity contribution in [2.24, 2.45) is 5.73 Å². The molecule has 0 unspecified atom stereocenters. The molecule has 54 valence electrons. The number of nitrogens with two attached hydrogens (primary N) is 1. The molecule has 3 N–H and O–H groups in total. The first-order valence-electron chi connectivity index (χ1n) is 2.95. The zero-order valence-electron chi connectivity index (χ0n) is 6.19. The molecule has 0 radical (unpaired) electrons. The summed E-state index contributed by atoms with van der Waals surface area (Å²) in [7, 11) is -1.13. The number of hydrogen-bond donors (Lipinski definition) is 2. The molecule has 3 nitrogen and oxygen atoms in total. The van der Waals surface area contributed by atoms with E-state index in [0.29, 0.717) is 0 Å². The van der Waals surface area contributed by atoms with Crippen molar-refractivity contribution in [2.75, 3.05) is 6.17 Å². The first kappa shape index (κ1) is 8.49. The van der Waals surface area contributed by atoms with Gasteiger partial charge >= 0.3 is 6.03 Å². The van der Waals surface area contributed by atoms with Gasteiger partial charge in [0.05, 0.1) is 8.07 Å². The van der Waals surface area contributed by atoms with Crippen molar-refractivity contribution in [3.63, 3.8) is 0 Å². The Morgan fingerprint density at radius 3 is 2.11 bits per heavy atom. The Bertz CT molecular complexity index is 108. The molecule has 2 amide bonds. The molecule has 0 aliphatic carbocycles. The second-order valence-electron chi connectivity index (χ2n) is 3.28. The summed E-state index contributed by atoms with van der Waals surface area (Å²) in [6.07, 6.45) is 0.766. The summed E-state index contributed by atoms with van der Waals surface area (Å²) < 4.78 is 0. The van der Waals surface area contributed by atoms with Crippen molar-refractivity contribution in [3.8, 4) is 0 Å². The highest BCUT2D eigenvalue weighted by Gasteiger charge is 2.12. The maximum atomic E-state index is 10.2. The van der Waals surface area contributed by atoms with Crippen LogP contribution in [0.15, 0.2) is 0 Å². The molecular weight excluding hydrogens is 132 g/mol. The molecule has 0 saturated carbocycles. The van der Waals surface area contributed by atoms with Gasteiger partial charge in [0.15, 0.2) is 0 Å². The fraction of sp³-hybridized carbons (Fsp3) is 0.800. The monoisotopic (exact) mass is 146 g/mol. The summed E-state index contributed by atoms with van der Waals surface area (Å²) in [6.45, 7) is 6.51. The van der Waals surface area contributed by atoms with Crippen LogP contribution in [0.25, 0.3) is 0 Å². The average Bonchev–Trinajstić information content (AvgIpc) is 1.59. The second kappa shape index (κ2) is 2.86. The van der Waals surface area contributed by atoms with Gasteiger partial charge in [-0.2, -0.15) is 0 Å². The predicted octanol–water partition coefficient (Wildman–Crippen LogP) is 0.532. The third-order valence-corrected chi connectivity index (χ3v) is 2.03. The van der Waals surface area contributed by atoms with Crippen LogP contribution in [-0.4, -0.2) is 20.3 Å². The van der Waals surface area contributed by atoms with Crippen LogP contribution in [0.2, 0.25) is 19.6 Å². The number of carbonyl (C=O) groups excluding carboxylic acids is 1. The van der Waals surface area contributed by atoms with E-state index >= 15 is 0 Å². The summed E-state index contributed by atoms with van der Waals surface area (Å²) in [5.74, 6) is 0. The molecule has 0 aliphatic rings. The van der Waals surface area contributed by atoms with Crippen LogP contribution in [0.4, 0.5) is 4.79 Å². The zero-order chi connectivity index (χ0) is 7.49. The summed E-state index contributed by atoms with van der Waals surface area (Å²) in [4.78, 5) is 10.2. The molecule has 4 heteroatoms. The molecule has 0 atom stereocenters. The van der Waals surface area contributed by atoms with E-state index in [2.05, 4.69) is 25.0 Å². The molecule has 0 rings (SSSR count). The Morgan fingerprint density at radius 2 is 2.00 bits per heavy atom. The highest BCUT2D eigenvalue weighted by Crippen LogP contribution is 1.95. The average molecular weight is 146 g/mol. The topological polar surface area (TPSA) is 55.1 Å². The van der Waals surface area contributed by atoms with Crippen molar-refractivity contribution in [3.05, 3.63) is 0 Å². The first-order chi connectivity index (χ1) is 3.92. The Morgan fingerprint density at radius 1 is 1.56 bits per heavy atom. The van der Waals surface area contributed by atoms with Crippen LogP contribution in [-0.2, 0) is 0 Å². The molecule has 0 spiro atoms. The Kier molecular flexibility index (Phi) is 2.70. The number of amides is 2. The lowest BCUT2D eigenvalue weighted by Gasteiger charge is -2.14. The number of nitrogens with one attached hydrogen (secondary N) is 1. The molecule has 0 fully saturated rings. The van der Waals surface area contributed by atoms with Gasteiger partial charge in [0.1, 0.15) is 0 Å². The fourth-order valence-electron chi connectivity index (χ4n) is 0.352. The van der Waals surface area contributed by atoms with Gasteiger partial charge in [-0.1, -0.05) is 19.6 Å². The molecule has 9 heavy (non-hydrogen) atoms. The van der Waals surface area contributed by atoms with Crippen LogP contribution in [0.3, 0.4) is 0 Å². The standard InChI is InChI=1S/C5H14N2OSi/c1-9(2,3)4-7-5(6)8/h4H2,1-3H3,(H3,6,7,8). The largest absolute Gasteiger partial charge is 0.352 e. The fourth-order valence-corrected chi connectivity index (χ4v) is 1.06.